The summed E-state index contributed by atoms with van der Waals surface area (Å²) >= 11 is 3.12. The molecule has 1 aliphatic carbocycles. The molecule has 17 heavy (non-hydrogen) atoms. The molecule has 0 aliphatic heterocycles. The van der Waals surface area contributed by atoms with Crippen molar-refractivity contribution in [3.05, 3.63) is 34.1 Å². The molecule has 1 aromatic carbocycles. The maximum Gasteiger partial charge on any atom is 0.341 e. The number of esters is 1. The van der Waals surface area contributed by atoms with E-state index in [1.807, 2.05) is 0 Å². The monoisotopic (exact) mass is 323 g/mol. The highest BCUT2D eigenvalue weighted by Crippen LogP contribution is 2.23. The molecule has 0 bridgehead atoms. The first-order chi connectivity index (χ1) is 7.56. The van der Waals surface area contributed by atoms with Crippen LogP contribution in [0, 0.1) is 5.82 Å². The Bertz CT molecular complexity index is 424. The number of rotatable bonds is 2. The molecule has 1 saturated carbocycles. The maximum atomic E-state index is 13.4. The van der Waals surface area contributed by atoms with Gasteiger partial charge in [0.25, 0.3) is 0 Å². The van der Waals surface area contributed by atoms with E-state index in [1.165, 1.54) is 12.1 Å². The minimum absolute atomic E-state index is 0. The molecule has 0 radical (unpaired) electrons. The summed E-state index contributed by atoms with van der Waals surface area (Å²) in [5.74, 6) is -1.20. The molecule has 2 N–H and O–H groups in total. The van der Waals surface area contributed by atoms with Crippen LogP contribution in [0.3, 0.4) is 0 Å². The summed E-state index contributed by atoms with van der Waals surface area (Å²) in [6.07, 6.45) is 1.15. The van der Waals surface area contributed by atoms with Gasteiger partial charge in [-0.15, -0.1) is 12.4 Å². The minimum atomic E-state index is -0.623. The lowest BCUT2D eigenvalue weighted by Gasteiger charge is -2.31. The summed E-state index contributed by atoms with van der Waals surface area (Å²) in [4.78, 5) is 11.6. The number of ether oxygens (including phenoxy) is 1. The van der Waals surface area contributed by atoms with Crippen molar-refractivity contribution in [2.24, 2.45) is 5.73 Å². The zero-order valence-corrected chi connectivity index (χ0v) is 11.3. The molecule has 0 saturated heterocycles. The highest BCUT2D eigenvalue weighted by Gasteiger charge is 2.30. The average molecular weight is 325 g/mol. The fourth-order valence-electron chi connectivity index (χ4n) is 1.57. The molecule has 0 amide bonds. The summed E-state index contributed by atoms with van der Waals surface area (Å²) in [6.45, 7) is 0. The Hall–Kier alpha value is -0.650. The summed E-state index contributed by atoms with van der Waals surface area (Å²) in [5, 5.41) is 0. The van der Waals surface area contributed by atoms with E-state index in [9.17, 15) is 9.18 Å². The van der Waals surface area contributed by atoms with Crippen LogP contribution in [0.4, 0.5) is 4.39 Å². The fraction of sp³-hybridized carbons (Fsp3) is 0.364. The Balaban J connectivity index is 0.00000144. The summed E-state index contributed by atoms with van der Waals surface area (Å²) in [7, 11) is 0. The zero-order chi connectivity index (χ0) is 11.7. The van der Waals surface area contributed by atoms with Crippen LogP contribution in [-0.2, 0) is 4.74 Å². The number of nitrogens with two attached hydrogens (primary N) is 1. The maximum absolute atomic E-state index is 13.4. The third-order valence-electron chi connectivity index (χ3n) is 2.56. The molecule has 6 heteroatoms. The smallest absolute Gasteiger partial charge is 0.341 e. The lowest BCUT2D eigenvalue weighted by molar-refractivity contribution is 0.00279. The van der Waals surface area contributed by atoms with Gasteiger partial charge < -0.3 is 10.5 Å². The van der Waals surface area contributed by atoms with Crippen LogP contribution < -0.4 is 5.73 Å². The van der Waals surface area contributed by atoms with Gasteiger partial charge in [-0.3, -0.25) is 0 Å². The molecule has 94 valence electrons. The van der Waals surface area contributed by atoms with Crippen molar-refractivity contribution in [2.75, 3.05) is 0 Å². The lowest BCUT2D eigenvalue weighted by Crippen LogP contribution is -2.42. The third-order valence-corrected chi connectivity index (χ3v) is 3.05. The van der Waals surface area contributed by atoms with Gasteiger partial charge in [-0.25, -0.2) is 9.18 Å². The number of carbonyl (C=O) groups excluding carboxylic acids is 1. The molecule has 0 atom stereocenters. The van der Waals surface area contributed by atoms with Crippen molar-refractivity contribution in [2.45, 2.75) is 25.0 Å². The minimum Gasteiger partial charge on any atom is -0.459 e. The highest BCUT2D eigenvalue weighted by atomic mass is 79.9. The van der Waals surface area contributed by atoms with Gasteiger partial charge in [0, 0.05) is 10.5 Å². The van der Waals surface area contributed by atoms with Gasteiger partial charge in [0.15, 0.2) is 0 Å². The van der Waals surface area contributed by atoms with Crippen LogP contribution >= 0.6 is 28.3 Å². The van der Waals surface area contributed by atoms with E-state index >= 15 is 0 Å². The molecular formula is C11H12BrClFNO2. The number of hydrogen-bond acceptors (Lipinski definition) is 3. The first-order valence-electron chi connectivity index (χ1n) is 4.98. The fourth-order valence-corrected chi connectivity index (χ4v) is 1.91. The van der Waals surface area contributed by atoms with Crippen LogP contribution in [0.2, 0.25) is 0 Å². The van der Waals surface area contributed by atoms with Gasteiger partial charge in [0.1, 0.15) is 11.9 Å². The second kappa shape index (κ2) is 5.80. The molecule has 0 aromatic heterocycles. The molecule has 1 fully saturated rings. The Morgan fingerprint density at radius 2 is 2.12 bits per heavy atom. The third kappa shape index (κ3) is 3.40. The lowest BCUT2D eigenvalue weighted by atomic mass is 9.90. The quantitative estimate of drug-likeness (QED) is 0.851. The molecule has 3 nitrogen and oxygen atoms in total. The number of benzene rings is 1. The van der Waals surface area contributed by atoms with Crippen molar-refractivity contribution in [3.8, 4) is 0 Å². The Labute approximate surface area is 113 Å². The zero-order valence-electron chi connectivity index (χ0n) is 8.86. The van der Waals surface area contributed by atoms with Gasteiger partial charge >= 0.3 is 5.97 Å². The Kier molecular flexibility index (Phi) is 4.91. The van der Waals surface area contributed by atoms with Crippen molar-refractivity contribution in [1.82, 2.24) is 0 Å². The molecule has 1 aromatic rings. The van der Waals surface area contributed by atoms with Crippen molar-refractivity contribution >= 4 is 34.3 Å². The standard InChI is InChI=1S/C11H11BrFNO2.ClH/c12-6-1-2-9(10(13)3-6)11(15)16-8-4-7(14)5-8;/h1-3,7-8H,4-5,14H2;1H. The molecule has 2 rings (SSSR count). The number of hydrogen-bond donors (Lipinski definition) is 1. The van der Waals surface area contributed by atoms with E-state index in [4.69, 9.17) is 10.5 Å². The van der Waals surface area contributed by atoms with Crippen LogP contribution in [0.15, 0.2) is 22.7 Å². The SMILES string of the molecule is Cl.NC1CC(OC(=O)c2ccc(Br)cc2F)C1. The predicted octanol–water partition coefficient (Wildman–Crippen LogP) is 2.66. The summed E-state index contributed by atoms with van der Waals surface area (Å²) in [5.41, 5.74) is 5.52. The summed E-state index contributed by atoms with van der Waals surface area (Å²) < 4.78 is 19.1. The van der Waals surface area contributed by atoms with E-state index < -0.39 is 11.8 Å². The van der Waals surface area contributed by atoms with Crippen LogP contribution in [-0.4, -0.2) is 18.1 Å². The van der Waals surface area contributed by atoms with E-state index in [0.717, 1.165) is 0 Å². The summed E-state index contributed by atoms with van der Waals surface area (Å²) in [6, 6.07) is 4.35. The molecule has 0 unspecified atom stereocenters. The molecule has 0 heterocycles. The van der Waals surface area contributed by atoms with Gasteiger partial charge in [0.05, 0.1) is 5.56 Å². The van der Waals surface area contributed by atoms with E-state index in [-0.39, 0.29) is 30.1 Å². The van der Waals surface area contributed by atoms with Crippen molar-refractivity contribution in [1.29, 1.82) is 0 Å². The van der Waals surface area contributed by atoms with Crippen LogP contribution in [0.1, 0.15) is 23.2 Å². The van der Waals surface area contributed by atoms with Gasteiger partial charge in [0.2, 0.25) is 0 Å². The molecule has 1 aliphatic rings. The average Bonchev–Trinajstić information content (AvgIpc) is 2.15. The number of halogens is 3. The highest BCUT2D eigenvalue weighted by molar-refractivity contribution is 9.10. The van der Waals surface area contributed by atoms with Gasteiger partial charge in [-0.1, -0.05) is 15.9 Å². The first kappa shape index (κ1) is 14.4. The normalized spacial score (nSPS) is 22.3. The van der Waals surface area contributed by atoms with Gasteiger partial charge in [-0.05, 0) is 31.0 Å². The topological polar surface area (TPSA) is 52.3 Å². The van der Waals surface area contributed by atoms with Crippen LogP contribution in [0.5, 0.6) is 0 Å². The second-order valence-corrected chi connectivity index (χ2v) is 4.80. The second-order valence-electron chi connectivity index (χ2n) is 3.88. The van der Waals surface area contributed by atoms with Crippen molar-refractivity contribution in [3.63, 3.8) is 0 Å². The van der Waals surface area contributed by atoms with E-state index in [1.54, 1.807) is 6.07 Å². The van der Waals surface area contributed by atoms with Crippen molar-refractivity contribution < 1.29 is 13.9 Å². The predicted molar refractivity (Wildman–Crippen MR) is 67.8 cm³/mol. The molecular weight excluding hydrogens is 312 g/mol. The number of carbonyl (C=O) groups is 1. The van der Waals surface area contributed by atoms with Crippen LogP contribution in [0.25, 0.3) is 0 Å². The van der Waals surface area contributed by atoms with E-state index in [0.29, 0.717) is 17.3 Å². The molecule has 0 spiro atoms. The Morgan fingerprint density at radius 3 is 2.65 bits per heavy atom. The van der Waals surface area contributed by atoms with Gasteiger partial charge in [-0.2, -0.15) is 0 Å². The Morgan fingerprint density at radius 1 is 1.47 bits per heavy atom. The first-order valence-corrected chi connectivity index (χ1v) is 5.77. The largest absolute Gasteiger partial charge is 0.459 e. The van der Waals surface area contributed by atoms with E-state index in [2.05, 4.69) is 15.9 Å².